The summed E-state index contributed by atoms with van der Waals surface area (Å²) in [5.41, 5.74) is 0.206. The van der Waals surface area contributed by atoms with E-state index in [1.165, 1.54) is 18.2 Å². The van der Waals surface area contributed by atoms with Crippen molar-refractivity contribution >= 4 is 33.2 Å². The molecule has 2 aromatic rings. The minimum absolute atomic E-state index is 0.0968. The van der Waals surface area contributed by atoms with Gasteiger partial charge in [0.25, 0.3) is 5.69 Å². The summed E-state index contributed by atoms with van der Waals surface area (Å²) in [4.78, 5) is 20.2. The fourth-order valence-corrected chi connectivity index (χ4v) is 1.90. The van der Waals surface area contributed by atoms with E-state index in [1.54, 1.807) is 12.1 Å². The molecular formula is C11H8BrN3O5. The molecule has 0 bridgehead atoms. The molecule has 1 N–H and O–H groups in total. The molecule has 0 spiro atoms. The maximum absolute atomic E-state index is 10.9. The number of nitro groups is 2. The highest BCUT2D eigenvalue weighted by molar-refractivity contribution is 9.10. The van der Waals surface area contributed by atoms with Gasteiger partial charge in [0.1, 0.15) is 16.4 Å². The summed E-state index contributed by atoms with van der Waals surface area (Å²) in [5.74, 6) is -0.0546. The van der Waals surface area contributed by atoms with Crippen LogP contribution in [0.3, 0.4) is 0 Å². The summed E-state index contributed by atoms with van der Waals surface area (Å²) in [6.07, 6.45) is 0. The van der Waals surface area contributed by atoms with E-state index in [-0.39, 0.29) is 18.1 Å². The fraction of sp³-hybridized carbons (Fsp3) is 0.0909. The quantitative estimate of drug-likeness (QED) is 0.658. The van der Waals surface area contributed by atoms with Crippen LogP contribution in [-0.2, 0) is 6.54 Å². The van der Waals surface area contributed by atoms with Crippen molar-refractivity contribution in [2.45, 2.75) is 6.54 Å². The molecule has 0 fully saturated rings. The number of hydrogen-bond donors (Lipinski definition) is 1. The Kier molecular flexibility index (Phi) is 3.99. The fourth-order valence-electron chi connectivity index (χ4n) is 1.55. The van der Waals surface area contributed by atoms with Gasteiger partial charge in [-0.3, -0.25) is 20.2 Å². The minimum Gasteiger partial charge on any atom is -0.404 e. The maximum atomic E-state index is 10.9. The Balaban J connectivity index is 2.14. The molecule has 0 aliphatic heterocycles. The average Bonchev–Trinajstić information content (AvgIpc) is 2.86. The standard InChI is InChI=1S/C11H8BrN3O5/c12-7-1-3-9(10(5-7)14(16)17)13-6-8-2-4-11(20-8)15(18)19/h1-5,13H,6H2. The molecule has 20 heavy (non-hydrogen) atoms. The number of halogens is 1. The molecule has 0 aliphatic rings. The third-order valence-electron chi connectivity index (χ3n) is 2.44. The van der Waals surface area contributed by atoms with Crippen LogP contribution in [0.1, 0.15) is 5.76 Å². The second kappa shape index (κ2) is 5.70. The highest BCUT2D eigenvalue weighted by atomic mass is 79.9. The largest absolute Gasteiger partial charge is 0.433 e. The van der Waals surface area contributed by atoms with E-state index < -0.39 is 9.85 Å². The lowest BCUT2D eigenvalue weighted by Gasteiger charge is -2.05. The third kappa shape index (κ3) is 3.12. The predicted octanol–water partition coefficient (Wildman–Crippen LogP) is 3.47. The number of rotatable bonds is 5. The summed E-state index contributed by atoms with van der Waals surface area (Å²) in [6.45, 7) is 0.107. The molecule has 2 rings (SSSR count). The predicted molar refractivity (Wildman–Crippen MR) is 73.5 cm³/mol. The van der Waals surface area contributed by atoms with Gasteiger partial charge in [0.2, 0.25) is 0 Å². The molecule has 0 atom stereocenters. The molecule has 104 valence electrons. The number of hydrogen-bond acceptors (Lipinski definition) is 6. The van der Waals surface area contributed by atoms with Crippen LogP contribution in [0.2, 0.25) is 0 Å². The van der Waals surface area contributed by atoms with E-state index in [4.69, 9.17) is 4.42 Å². The zero-order valence-corrected chi connectivity index (χ0v) is 11.5. The maximum Gasteiger partial charge on any atom is 0.433 e. The van der Waals surface area contributed by atoms with Crippen molar-refractivity contribution < 1.29 is 14.3 Å². The molecule has 1 aromatic heterocycles. The van der Waals surface area contributed by atoms with Crippen LogP contribution in [0, 0.1) is 20.2 Å². The van der Waals surface area contributed by atoms with Crippen LogP contribution < -0.4 is 5.32 Å². The molecule has 0 unspecified atom stereocenters. The lowest BCUT2D eigenvalue weighted by molar-refractivity contribution is -0.402. The third-order valence-corrected chi connectivity index (χ3v) is 2.93. The lowest BCUT2D eigenvalue weighted by Crippen LogP contribution is -2.01. The molecule has 1 heterocycles. The van der Waals surface area contributed by atoms with Crippen molar-refractivity contribution in [3.8, 4) is 0 Å². The van der Waals surface area contributed by atoms with E-state index >= 15 is 0 Å². The van der Waals surface area contributed by atoms with Crippen molar-refractivity contribution in [1.29, 1.82) is 0 Å². The Morgan fingerprint density at radius 2 is 1.90 bits per heavy atom. The summed E-state index contributed by atoms with van der Waals surface area (Å²) >= 11 is 3.15. The summed E-state index contributed by atoms with van der Waals surface area (Å²) in [5, 5.41) is 24.2. The first-order valence-corrected chi connectivity index (χ1v) is 6.17. The smallest absolute Gasteiger partial charge is 0.404 e. The number of nitro benzene ring substituents is 1. The van der Waals surface area contributed by atoms with Crippen LogP contribution in [0.15, 0.2) is 39.2 Å². The Morgan fingerprint density at radius 1 is 1.15 bits per heavy atom. The van der Waals surface area contributed by atoms with Gasteiger partial charge in [0.05, 0.1) is 17.5 Å². The van der Waals surface area contributed by atoms with Crippen LogP contribution in [0.4, 0.5) is 17.3 Å². The van der Waals surface area contributed by atoms with Gasteiger partial charge in [-0.15, -0.1) is 0 Å². The van der Waals surface area contributed by atoms with E-state index in [0.29, 0.717) is 15.9 Å². The van der Waals surface area contributed by atoms with Crippen LogP contribution in [0.5, 0.6) is 0 Å². The summed E-state index contributed by atoms with van der Waals surface area (Å²) < 4.78 is 5.54. The van der Waals surface area contributed by atoms with Gasteiger partial charge < -0.3 is 9.73 Å². The lowest BCUT2D eigenvalue weighted by atomic mass is 10.2. The Labute approximate surface area is 120 Å². The van der Waals surface area contributed by atoms with Gasteiger partial charge >= 0.3 is 5.88 Å². The first kappa shape index (κ1) is 14.0. The van der Waals surface area contributed by atoms with Gasteiger partial charge in [-0.2, -0.15) is 0 Å². The van der Waals surface area contributed by atoms with Crippen molar-refractivity contribution in [3.05, 3.63) is 60.8 Å². The van der Waals surface area contributed by atoms with Crippen molar-refractivity contribution in [1.82, 2.24) is 0 Å². The van der Waals surface area contributed by atoms with E-state index in [1.807, 2.05) is 0 Å². The molecule has 8 nitrogen and oxygen atoms in total. The number of nitrogens with one attached hydrogen (secondary N) is 1. The van der Waals surface area contributed by atoms with Gasteiger partial charge in [0.15, 0.2) is 0 Å². The highest BCUT2D eigenvalue weighted by Crippen LogP contribution is 2.28. The summed E-state index contributed by atoms with van der Waals surface area (Å²) in [6, 6.07) is 7.23. The minimum atomic E-state index is -0.647. The van der Waals surface area contributed by atoms with Gasteiger partial charge in [-0.25, -0.2) is 0 Å². The van der Waals surface area contributed by atoms with E-state index in [2.05, 4.69) is 21.2 Å². The zero-order chi connectivity index (χ0) is 14.7. The topological polar surface area (TPSA) is 111 Å². The van der Waals surface area contributed by atoms with Gasteiger partial charge in [0, 0.05) is 10.5 Å². The van der Waals surface area contributed by atoms with Crippen LogP contribution in [-0.4, -0.2) is 9.85 Å². The molecule has 0 radical (unpaired) electrons. The first-order chi connectivity index (χ1) is 9.47. The molecule has 0 aliphatic carbocycles. The molecule has 1 aromatic carbocycles. The Bertz CT molecular complexity index is 670. The Hall–Kier alpha value is -2.42. The molecular weight excluding hydrogens is 334 g/mol. The van der Waals surface area contributed by atoms with Crippen molar-refractivity contribution in [2.75, 3.05) is 5.32 Å². The van der Waals surface area contributed by atoms with Gasteiger partial charge in [-0.1, -0.05) is 15.9 Å². The number of nitrogens with zero attached hydrogens (tertiary/aromatic N) is 2. The van der Waals surface area contributed by atoms with E-state index in [9.17, 15) is 20.2 Å². The second-order valence-electron chi connectivity index (χ2n) is 3.77. The molecule has 0 saturated heterocycles. The van der Waals surface area contributed by atoms with Crippen molar-refractivity contribution in [3.63, 3.8) is 0 Å². The summed E-state index contributed by atoms with van der Waals surface area (Å²) in [7, 11) is 0. The average molecular weight is 342 g/mol. The van der Waals surface area contributed by atoms with E-state index in [0.717, 1.165) is 0 Å². The Morgan fingerprint density at radius 3 is 2.50 bits per heavy atom. The number of furan rings is 1. The normalized spacial score (nSPS) is 10.2. The number of benzene rings is 1. The number of anilines is 1. The molecule has 0 amide bonds. The second-order valence-corrected chi connectivity index (χ2v) is 4.68. The van der Waals surface area contributed by atoms with Crippen LogP contribution in [0.25, 0.3) is 0 Å². The first-order valence-electron chi connectivity index (χ1n) is 5.38. The van der Waals surface area contributed by atoms with Gasteiger partial charge in [-0.05, 0) is 18.2 Å². The molecule has 0 saturated carbocycles. The highest BCUT2D eigenvalue weighted by Gasteiger charge is 2.15. The SMILES string of the molecule is O=[N+]([O-])c1ccc(CNc2ccc(Br)cc2[N+](=O)[O-])o1. The monoisotopic (exact) mass is 341 g/mol. The zero-order valence-electron chi connectivity index (χ0n) is 9.91. The van der Waals surface area contributed by atoms with Crippen molar-refractivity contribution in [2.24, 2.45) is 0 Å². The van der Waals surface area contributed by atoms with Crippen LogP contribution >= 0.6 is 15.9 Å². The molecule has 9 heteroatoms.